The molecule has 2 aliphatic rings. The number of aromatic hydroxyl groups is 1. The minimum absolute atomic E-state index is 0.0339. The van der Waals surface area contributed by atoms with Crippen molar-refractivity contribution in [1.82, 2.24) is 0 Å². The first-order chi connectivity index (χ1) is 21.5. The van der Waals surface area contributed by atoms with Gasteiger partial charge in [-0.05, 0) is 17.7 Å². The largest absolute Gasteiger partial charge is 0.504 e. The number of fused-ring (bicyclic) bond motifs is 1. The Hall–Kier alpha value is -3.55. The van der Waals surface area contributed by atoms with Crippen LogP contribution in [0.5, 0.6) is 23.0 Å². The molecule has 1 aromatic heterocycles. The zero-order valence-corrected chi connectivity index (χ0v) is 24.0. The molecule has 0 unspecified atom stereocenters. The fraction of sp³-hybridized carbons (Fsp3) is 0.483. The maximum Gasteiger partial charge on any atom is 0.229 e. The van der Waals surface area contributed by atoms with Crippen LogP contribution in [-0.4, -0.2) is 130 Å². The number of rotatable bonds is 9. The molecular weight excluding hydrogens is 604 g/mol. The van der Waals surface area contributed by atoms with Crippen LogP contribution in [0, 0.1) is 0 Å². The molecule has 246 valence electrons. The molecule has 0 amide bonds. The Labute approximate surface area is 254 Å². The van der Waals surface area contributed by atoms with Gasteiger partial charge in [0.25, 0.3) is 0 Å². The van der Waals surface area contributed by atoms with E-state index in [2.05, 4.69) is 0 Å². The molecule has 2 fully saturated rings. The third kappa shape index (κ3) is 6.17. The molecule has 5 rings (SSSR count). The molecule has 0 aliphatic carbocycles. The van der Waals surface area contributed by atoms with Crippen LogP contribution >= 0.6 is 0 Å². The fourth-order valence-electron chi connectivity index (χ4n) is 5.17. The second-order valence-electron chi connectivity index (χ2n) is 10.5. The van der Waals surface area contributed by atoms with Gasteiger partial charge in [0.2, 0.25) is 17.5 Å². The summed E-state index contributed by atoms with van der Waals surface area (Å²) in [4.78, 5) is 13.3. The average Bonchev–Trinajstić information content (AvgIpc) is 3.04. The zero-order chi connectivity index (χ0) is 32.6. The smallest absolute Gasteiger partial charge is 0.229 e. The number of aliphatic hydroxyl groups excluding tert-OH is 7. The van der Waals surface area contributed by atoms with Crippen LogP contribution in [-0.2, 0) is 14.2 Å². The third-order valence-corrected chi connectivity index (χ3v) is 7.74. The molecule has 0 spiro atoms. The van der Waals surface area contributed by atoms with Crippen molar-refractivity contribution in [3.8, 4) is 34.1 Å². The quantitative estimate of drug-likeness (QED) is 0.129. The second-order valence-corrected chi connectivity index (χ2v) is 10.5. The van der Waals surface area contributed by atoms with Gasteiger partial charge in [0.15, 0.2) is 17.8 Å². The van der Waals surface area contributed by atoms with Gasteiger partial charge < -0.3 is 73.7 Å². The van der Waals surface area contributed by atoms with Gasteiger partial charge in [-0.15, -0.1) is 0 Å². The van der Waals surface area contributed by atoms with E-state index >= 15 is 0 Å². The number of benzene rings is 2. The Bertz CT molecular complexity index is 1520. The van der Waals surface area contributed by atoms with E-state index < -0.39 is 85.8 Å². The minimum atomic E-state index is -1.74. The van der Waals surface area contributed by atoms with E-state index in [0.717, 1.165) is 0 Å². The molecule has 2 aromatic carbocycles. The topological polar surface area (TPSA) is 247 Å². The lowest BCUT2D eigenvalue weighted by Crippen LogP contribution is -2.62. The van der Waals surface area contributed by atoms with Crippen LogP contribution in [0.1, 0.15) is 0 Å². The van der Waals surface area contributed by atoms with Crippen LogP contribution in [0.2, 0.25) is 0 Å². The molecule has 16 heteroatoms. The summed E-state index contributed by atoms with van der Waals surface area (Å²) in [6, 6.07) is 7.32. The average molecular weight is 639 g/mol. The summed E-state index contributed by atoms with van der Waals surface area (Å²) in [6.07, 6.45) is -14.5. The van der Waals surface area contributed by atoms with Gasteiger partial charge in [0.05, 0.1) is 33.0 Å². The van der Waals surface area contributed by atoms with Crippen LogP contribution in [0.15, 0.2) is 45.8 Å². The number of hydrogen-bond donors (Lipinski definition) is 8. The van der Waals surface area contributed by atoms with E-state index in [1.807, 2.05) is 0 Å². The van der Waals surface area contributed by atoms with E-state index in [1.165, 1.54) is 50.8 Å². The molecule has 0 bridgehead atoms. The molecule has 0 radical (unpaired) electrons. The maximum absolute atomic E-state index is 13.3. The van der Waals surface area contributed by atoms with Crippen molar-refractivity contribution >= 4 is 11.0 Å². The summed E-state index contributed by atoms with van der Waals surface area (Å²) in [5.74, 6) is -0.170. The summed E-state index contributed by atoms with van der Waals surface area (Å²) >= 11 is 0. The number of methoxy groups -OCH3 is 2. The van der Waals surface area contributed by atoms with Gasteiger partial charge in [-0.25, -0.2) is 0 Å². The molecule has 10 atom stereocenters. The molecular formula is C29H34O16. The molecule has 3 aromatic rings. The van der Waals surface area contributed by atoms with Gasteiger partial charge >= 0.3 is 0 Å². The Balaban J connectivity index is 1.30. The Morgan fingerprint density at radius 1 is 0.800 bits per heavy atom. The first-order valence-electron chi connectivity index (χ1n) is 13.8. The number of phenolic OH excluding ortho intramolecular Hbond substituents is 1. The van der Waals surface area contributed by atoms with Crippen molar-refractivity contribution in [2.45, 2.75) is 61.4 Å². The highest BCUT2D eigenvalue weighted by atomic mass is 16.7. The zero-order valence-electron chi connectivity index (χ0n) is 24.0. The predicted molar refractivity (Wildman–Crippen MR) is 150 cm³/mol. The van der Waals surface area contributed by atoms with Gasteiger partial charge in [-0.1, -0.05) is 12.1 Å². The summed E-state index contributed by atoms with van der Waals surface area (Å²) in [5, 5.41) is 81.4. The second kappa shape index (κ2) is 13.4. The summed E-state index contributed by atoms with van der Waals surface area (Å²) in [7, 11) is 2.69. The number of aliphatic hydroxyl groups is 7. The summed E-state index contributed by atoms with van der Waals surface area (Å²) in [6.45, 7) is -1.20. The molecule has 2 aliphatic heterocycles. The fourth-order valence-corrected chi connectivity index (χ4v) is 5.17. The Kier molecular flexibility index (Phi) is 9.80. The van der Waals surface area contributed by atoms with E-state index in [4.69, 9.17) is 32.8 Å². The van der Waals surface area contributed by atoms with Gasteiger partial charge in [-0.2, -0.15) is 0 Å². The van der Waals surface area contributed by atoms with E-state index in [0.29, 0.717) is 5.56 Å². The lowest BCUT2D eigenvalue weighted by atomic mass is 9.98. The van der Waals surface area contributed by atoms with Crippen molar-refractivity contribution < 1.29 is 73.7 Å². The highest BCUT2D eigenvalue weighted by Crippen LogP contribution is 2.42. The van der Waals surface area contributed by atoms with Crippen molar-refractivity contribution in [3.63, 3.8) is 0 Å². The number of ether oxygens (including phenoxy) is 6. The molecule has 0 saturated carbocycles. The number of phenols is 1. The van der Waals surface area contributed by atoms with Crippen molar-refractivity contribution in [2.24, 2.45) is 0 Å². The summed E-state index contributed by atoms with van der Waals surface area (Å²) in [5.41, 5.74) is 0.0231. The summed E-state index contributed by atoms with van der Waals surface area (Å²) < 4.78 is 38.0. The Morgan fingerprint density at radius 2 is 1.42 bits per heavy atom. The lowest BCUT2D eigenvalue weighted by Gasteiger charge is -2.42. The maximum atomic E-state index is 13.3. The first kappa shape index (κ1) is 32.8. The first-order valence-corrected chi connectivity index (χ1v) is 13.8. The van der Waals surface area contributed by atoms with Crippen molar-refractivity contribution in [3.05, 3.63) is 46.8 Å². The standard InChI is InChI=1S/C29H34O16/c1-39-15-7-14-18(22(34)27(15)40-2)19(31)13(9-41-14)11-3-5-12(6-4-11)43-29-26(38)24(36)21(33)17(45-29)10-42-28-25(37)23(35)20(32)16(8-30)44-28/h3-7,9,16-17,20-21,23-26,28-30,32-38H,8,10H2,1-2H3/t16-,17+,20-,21-,23-,24+,25+,26+,28-,29+/m0/s1. The van der Waals surface area contributed by atoms with Crippen LogP contribution in [0.3, 0.4) is 0 Å². The Morgan fingerprint density at radius 3 is 2.04 bits per heavy atom. The molecule has 3 heterocycles. The van der Waals surface area contributed by atoms with E-state index in [9.17, 15) is 45.6 Å². The van der Waals surface area contributed by atoms with E-state index in [1.54, 1.807) is 0 Å². The normalized spacial score (nSPS) is 31.9. The highest BCUT2D eigenvalue weighted by molar-refractivity contribution is 5.91. The van der Waals surface area contributed by atoms with Crippen LogP contribution in [0.4, 0.5) is 0 Å². The van der Waals surface area contributed by atoms with E-state index in [-0.39, 0.29) is 33.8 Å². The monoisotopic (exact) mass is 638 g/mol. The molecule has 45 heavy (non-hydrogen) atoms. The van der Waals surface area contributed by atoms with Crippen LogP contribution in [0.25, 0.3) is 22.1 Å². The SMILES string of the molecule is COc1cc2occ(-c3ccc(O[C@@H]4O[C@H](CO[C@H]5O[C@@H](CO)[C@H](O)[C@H](O)[C@H]5O)[C@H](O)[C@@H](O)[C@H]4O)cc3)c(=O)c2c(O)c1OC. The molecule has 16 nitrogen and oxygen atoms in total. The molecule has 2 saturated heterocycles. The lowest BCUT2D eigenvalue weighted by molar-refractivity contribution is -0.323. The van der Waals surface area contributed by atoms with Crippen molar-refractivity contribution in [1.29, 1.82) is 0 Å². The number of hydrogen-bond acceptors (Lipinski definition) is 16. The third-order valence-electron chi connectivity index (χ3n) is 7.74. The minimum Gasteiger partial charge on any atom is -0.504 e. The van der Waals surface area contributed by atoms with Gasteiger partial charge in [0.1, 0.15) is 71.8 Å². The van der Waals surface area contributed by atoms with Gasteiger partial charge in [-0.3, -0.25) is 4.79 Å². The van der Waals surface area contributed by atoms with Gasteiger partial charge in [0, 0.05) is 6.07 Å². The highest BCUT2D eigenvalue weighted by Gasteiger charge is 2.47. The molecule has 8 N–H and O–H groups in total. The van der Waals surface area contributed by atoms with Crippen LogP contribution < -0.4 is 19.6 Å². The predicted octanol–water partition coefficient (Wildman–Crippen LogP) is -1.81. The van der Waals surface area contributed by atoms with Crippen molar-refractivity contribution in [2.75, 3.05) is 27.4 Å².